The number of phenols is 1. The van der Waals surface area contributed by atoms with Crippen LogP contribution < -0.4 is 14.8 Å². The predicted octanol–water partition coefficient (Wildman–Crippen LogP) is 3.78. The van der Waals surface area contributed by atoms with E-state index >= 15 is 0 Å². The van der Waals surface area contributed by atoms with Crippen LogP contribution in [-0.4, -0.2) is 24.2 Å². The van der Waals surface area contributed by atoms with E-state index in [1.54, 1.807) is 36.4 Å². The third-order valence-electron chi connectivity index (χ3n) is 3.46. The summed E-state index contributed by atoms with van der Waals surface area (Å²) in [7, 11) is 0. The number of hydrogen-bond acceptors (Lipinski definition) is 4. The lowest BCUT2D eigenvalue weighted by molar-refractivity contribution is -0.111. The Bertz CT molecular complexity index is 817. The molecule has 124 valence electrons. The Balaban J connectivity index is 1.73. The van der Waals surface area contributed by atoms with Gasteiger partial charge in [-0.3, -0.25) is 4.79 Å². The first-order chi connectivity index (χ1) is 11.5. The van der Waals surface area contributed by atoms with Crippen molar-refractivity contribution in [3.63, 3.8) is 0 Å². The number of benzene rings is 2. The lowest BCUT2D eigenvalue weighted by Crippen LogP contribution is -2.15. The molecule has 1 amide bonds. The first-order valence-corrected chi connectivity index (χ1v) is 7.78. The Hall–Kier alpha value is -2.66. The van der Waals surface area contributed by atoms with Gasteiger partial charge in [0.1, 0.15) is 19.0 Å². The highest BCUT2D eigenvalue weighted by molar-refractivity contribution is 6.32. The van der Waals surface area contributed by atoms with Crippen LogP contribution in [0.2, 0.25) is 5.02 Å². The van der Waals surface area contributed by atoms with E-state index in [2.05, 4.69) is 5.32 Å². The van der Waals surface area contributed by atoms with Crippen LogP contribution in [-0.2, 0) is 4.79 Å². The molecule has 3 rings (SSSR count). The van der Waals surface area contributed by atoms with E-state index in [4.69, 9.17) is 21.1 Å². The van der Waals surface area contributed by atoms with E-state index in [-0.39, 0.29) is 11.7 Å². The number of ether oxygens (including phenoxy) is 2. The Labute approximate surface area is 144 Å². The Morgan fingerprint density at radius 3 is 2.83 bits per heavy atom. The van der Waals surface area contributed by atoms with Gasteiger partial charge in [-0.25, -0.2) is 0 Å². The zero-order valence-corrected chi connectivity index (χ0v) is 13.8. The average Bonchev–Trinajstić information content (AvgIpc) is 2.56. The normalized spacial score (nSPS) is 13.1. The molecule has 0 bridgehead atoms. The number of nitrogens with one attached hydrogen (secondary N) is 1. The van der Waals surface area contributed by atoms with Crippen LogP contribution in [0.3, 0.4) is 0 Å². The maximum absolute atomic E-state index is 12.0. The summed E-state index contributed by atoms with van der Waals surface area (Å²) in [5.41, 5.74) is 1.98. The molecule has 2 aromatic carbocycles. The van der Waals surface area contributed by atoms with Crippen LogP contribution in [0.15, 0.2) is 36.4 Å². The van der Waals surface area contributed by atoms with Gasteiger partial charge in [-0.1, -0.05) is 17.7 Å². The third kappa shape index (κ3) is 3.63. The second-order valence-corrected chi connectivity index (χ2v) is 5.78. The number of hydrogen-bond donors (Lipinski definition) is 2. The van der Waals surface area contributed by atoms with Gasteiger partial charge in [-0.2, -0.15) is 0 Å². The van der Waals surface area contributed by atoms with Gasteiger partial charge < -0.3 is 19.9 Å². The largest absolute Gasteiger partial charge is 0.506 e. The van der Waals surface area contributed by atoms with Crippen molar-refractivity contribution >= 4 is 29.3 Å². The average molecular weight is 346 g/mol. The second-order valence-electron chi connectivity index (χ2n) is 5.37. The molecule has 1 aliphatic heterocycles. The molecular formula is C18H16ClNO4. The fourth-order valence-corrected chi connectivity index (χ4v) is 2.59. The minimum atomic E-state index is -0.361. The molecule has 6 heteroatoms. The summed E-state index contributed by atoms with van der Waals surface area (Å²) < 4.78 is 10.9. The number of rotatable bonds is 3. The second kappa shape index (κ2) is 6.84. The lowest BCUT2D eigenvalue weighted by Gasteiger charge is -2.19. The van der Waals surface area contributed by atoms with Crippen molar-refractivity contribution < 1.29 is 19.4 Å². The number of carbonyl (C=O) groups excluding carboxylic acids is 1. The zero-order valence-electron chi connectivity index (χ0n) is 13.0. The summed E-state index contributed by atoms with van der Waals surface area (Å²) >= 11 is 6.16. The molecule has 1 heterocycles. The minimum absolute atomic E-state index is 0.0270. The van der Waals surface area contributed by atoms with E-state index in [0.29, 0.717) is 41.0 Å². The smallest absolute Gasteiger partial charge is 0.248 e. The van der Waals surface area contributed by atoms with Gasteiger partial charge in [0.2, 0.25) is 5.91 Å². The van der Waals surface area contributed by atoms with Gasteiger partial charge in [0, 0.05) is 6.08 Å². The van der Waals surface area contributed by atoms with Crippen LogP contribution in [0, 0.1) is 6.92 Å². The number of phenolic OH excluding ortho intramolecular Hbond substituents is 1. The molecule has 2 N–H and O–H groups in total. The van der Waals surface area contributed by atoms with Crippen molar-refractivity contribution in [1.29, 1.82) is 0 Å². The quantitative estimate of drug-likeness (QED) is 0.656. The molecule has 0 saturated heterocycles. The van der Waals surface area contributed by atoms with Gasteiger partial charge in [0.25, 0.3) is 0 Å². The van der Waals surface area contributed by atoms with E-state index in [1.165, 1.54) is 6.08 Å². The maximum Gasteiger partial charge on any atom is 0.248 e. The Morgan fingerprint density at radius 2 is 2.04 bits per heavy atom. The molecular weight excluding hydrogens is 330 g/mol. The number of amides is 1. The molecule has 5 nitrogen and oxygen atoms in total. The van der Waals surface area contributed by atoms with Crippen molar-refractivity contribution in [2.24, 2.45) is 0 Å². The number of aryl methyl sites for hydroxylation is 1. The summed E-state index contributed by atoms with van der Waals surface area (Å²) in [5, 5.41) is 12.9. The molecule has 1 aliphatic rings. The van der Waals surface area contributed by atoms with Gasteiger partial charge in [0.05, 0.1) is 10.7 Å². The van der Waals surface area contributed by atoms with E-state index in [9.17, 15) is 9.90 Å². The fraction of sp³-hybridized carbons (Fsp3) is 0.167. The topological polar surface area (TPSA) is 67.8 Å². The SMILES string of the molecule is Cc1ccc(NC(=O)/C=C/c2cc(Cl)c3c(c2)OCCO3)c(O)c1. The van der Waals surface area contributed by atoms with Crippen molar-refractivity contribution in [3.8, 4) is 17.2 Å². The molecule has 0 aromatic heterocycles. The van der Waals surface area contributed by atoms with Crippen LogP contribution >= 0.6 is 11.6 Å². The van der Waals surface area contributed by atoms with Crippen molar-refractivity contribution in [1.82, 2.24) is 0 Å². The Morgan fingerprint density at radius 1 is 1.25 bits per heavy atom. The highest BCUT2D eigenvalue weighted by atomic mass is 35.5. The van der Waals surface area contributed by atoms with Crippen molar-refractivity contribution in [2.75, 3.05) is 18.5 Å². The first kappa shape index (κ1) is 16.2. The molecule has 0 radical (unpaired) electrons. The highest BCUT2D eigenvalue weighted by Gasteiger charge is 2.16. The van der Waals surface area contributed by atoms with Gasteiger partial charge in [-0.15, -0.1) is 0 Å². The molecule has 0 spiro atoms. The van der Waals surface area contributed by atoms with Crippen LogP contribution in [0.4, 0.5) is 5.69 Å². The van der Waals surface area contributed by atoms with Gasteiger partial charge in [0.15, 0.2) is 11.5 Å². The zero-order chi connectivity index (χ0) is 17.1. The summed E-state index contributed by atoms with van der Waals surface area (Å²) in [6.45, 7) is 2.78. The van der Waals surface area contributed by atoms with Crippen LogP contribution in [0.1, 0.15) is 11.1 Å². The first-order valence-electron chi connectivity index (χ1n) is 7.41. The van der Waals surface area contributed by atoms with Crippen molar-refractivity contribution in [3.05, 3.63) is 52.6 Å². The number of aromatic hydroxyl groups is 1. The Kier molecular flexibility index (Phi) is 4.62. The van der Waals surface area contributed by atoms with Gasteiger partial charge >= 0.3 is 0 Å². The fourth-order valence-electron chi connectivity index (χ4n) is 2.32. The highest BCUT2D eigenvalue weighted by Crippen LogP contribution is 2.38. The lowest BCUT2D eigenvalue weighted by atomic mass is 10.1. The van der Waals surface area contributed by atoms with Gasteiger partial charge in [-0.05, 0) is 48.4 Å². The molecule has 0 atom stereocenters. The molecule has 24 heavy (non-hydrogen) atoms. The molecule has 0 aliphatic carbocycles. The monoisotopic (exact) mass is 345 g/mol. The third-order valence-corrected chi connectivity index (χ3v) is 3.74. The summed E-state index contributed by atoms with van der Waals surface area (Å²) in [6, 6.07) is 8.49. The number of carbonyl (C=O) groups is 1. The van der Waals surface area contributed by atoms with E-state index < -0.39 is 0 Å². The van der Waals surface area contributed by atoms with Crippen molar-refractivity contribution in [2.45, 2.75) is 6.92 Å². The molecule has 0 fully saturated rings. The number of halogens is 1. The van der Waals surface area contributed by atoms with Crippen LogP contribution in [0.5, 0.6) is 17.2 Å². The summed E-state index contributed by atoms with van der Waals surface area (Å²) in [4.78, 5) is 12.0. The van der Waals surface area contributed by atoms with E-state index in [1.807, 2.05) is 6.92 Å². The molecule has 0 unspecified atom stereocenters. The maximum atomic E-state index is 12.0. The number of anilines is 1. The standard InChI is InChI=1S/C18H16ClNO4/c1-11-2-4-14(15(21)8-11)20-17(22)5-3-12-9-13(19)18-16(10-12)23-6-7-24-18/h2-5,8-10,21H,6-7H2,1H3,(H,20,22)/b5-3+. The summed E-state index contributed by atoms with van der Waals surface area (Å²) in [6.07, 6.45) is 2.98. The van der Waals surface area contributed by atoms with Crippen LogP contribution in [0.25, 0.3) is 6.08 Å². The van der Waals surface area contributed by atoms with E-state index in [0.717, 1.165) is 5.56 Å². The molecule has 2 aromatic rings. The summed E-state index contributed by atoms with van der Waals surface area (Å²) in [5.74, 6) is 0.748. The molecule has 0 saturated carbocycles. The minimum Gasteiger partial charge on any atom is -0.506 e. The predicted molar refractivity (Wildman–Crippen MR) is 92.9 cm³/mol. The number of fused-ring (bicyclic) bond motifs is 1.